The molecule has 2 fully saturated rings. The second-order valence-electron chi connectivity index (χ2n) is 16.6. The fourth-order valence-electron chi connectivity index (χ4n) is 7.64. The van der Waals surface area contributed by atoms with Gasteiger partial charge in [-0.05, 0) is 49.7 Å². The SMILES string of the molecule is CCCC[C@H](NC(=O)[C@@H](Cc1ccccc1)OC(C)=O)C(=O)C(=O)N[C@H]1CCCCC1=O.CCCC[C@H](NC(=O)[C@@H](Cc1ccccc1)OC(C)=O)[C@H](O)C(=O)N[C@H]1CCCC[C@@H]1O. The summed E-state index contributed by atoms with van der Waals surface area (Å²) in [7, 11) is 0. The number of ketones is 2. The van der Waals surface area contributed by atoms with E-state index in [1.54, 1.807) is 12.1 Å². The van der Waals surface area contributed by atoms with Gasteiger partial charge in [-0.2, -0.15) is 0 Å². The maximum absolute atomic E-state index is 13.0. The first-order valence-corrected chi connectivity index (χ1v) is 22.7. The van der Waals surface area contributed by atoms with Gasteiger partial charge in [-0.1, -0.05) is 119 Å². The highest BCUT2D eigenvalue weighted by Crippen LogP contribution is 2.20. The number of rotatable bonds is 22. The number of carbonyl (C=O) groups excluding carboxylic acids is 8. The molecule has 4 rings (SSSR count). The first-order valence-electron chi connectivity index (χ1n) is 22.7. The molecule has 2 aliphatic carbocycles. The number of aliphatic hydroxyl groups is 2. The molecule has 4 amide bonds. The van der Waals surface area contributed by atoms with Gasteiger partial charge in [0.2, 0.25) is 5.78 Å². The lowest BCUT2D eigenvalue weighted by atomic mass is 9.92. The topological polar surface area (TPSA) is 244 Å². The van der Waals surface area contributed by atoms with Gasteiger partial charge in [0, 0.05) is 33.1 Å². The zero-order valence-electron chi connectivity index (χ0n) is 37.7. The third-order valence-electron chi connectivity index (χ3n) is 11.2. The van der Waals surface area contributed by atoms with E-state index in [0.717, 1.165) is 49.7 Å². The quantitative estimate of drug-likeness (QED) is 0.0734. The number of ether oxygens (including phenoxy) is 2. The molecule has 16 nitrogen and oxygen atoms in total. The Bertz CT molecular complexity index is 1830. The Morgan fingerprint density at radius 2 is 1.19 bits per heavy atom. The number of carbonyl (C=O) groups is 8. The van der Waals surface area contributed by atoms with Crippen molar-refractivity contribution in [1.29, 1.82) is 0 Å². The van der Waals surface area contributed by atoms with Crippen LogP contribution in [-0.2, 0) is 60.7 Å². The molecule has 0 heterocycles. The Morgan fingerprint density at radius 3 is 1.70 bits per heavy atom. The Hall–Kier alpha value is -5.48. The van der Waals surface area contributed by atoms with Gasteiger partial charge in [0.15, 0.2) is 24.1 Å². The van der Waals surface area contributed by atoms with Crippen molar-refractivity contribution >= 4 is 47.1 Å². The largest absolute Gasteiger partial charge is 0.452 e. The summed E-state index contributed by atoms with van der Waals surface area (Å²) in [5.74, 6) is -4.78. The second kappa shape index (κ2) is 28.3. The van der Waals surface area contributed by atoms with Crippen molar-refractivity contribution in [1.82, 2.24) is 21.3 Å². The van der Waals surface area contributed by atoms with Crippen LogP contribution >= 0.6 is 0 Å². The fraction of sp³-hybridized carbons (Fsp3) is 0.583. The lowest BCUT2D eigenvalue weighted by Gasteiger charge is -2.31. The van der Waals surface area contributed by atoms with Crippen LogP contribution in [-0.4, -0.2) is 106 Å². The molecule has 2 aromatic carbocycles. The maximum atomic E-state index is 13.0. The smallest absolute Gasteiger partial charge is 0.303 e. The van der Waals surface area contributed by atoms with Gasteiger partial charge in [0.05, 0.1) is 30.3 Å². The molecule has 16 heteroatoms. The van der Waals surface area contributed by atoms with E-state index < -0.39 is 89.9 Å². The number of hydrogen-bond acceptors (Lipinski definition) is 12. The number of amides is 4. The first-order chi connectivity index (χ1) is 30.6. The summed E-state index contributed by atoms with van der Waals surface area (Å²) in [5, 5.41) is 31.4. The monoisotopic (exact) mass is 892 g/mol. The zero-order chi connectivity index (χ0) is 47.0. The zero-order valence-corrected chi connectivity index (χ0v) is 37.7. The number of benzene rings is 2. The molecule has 0 unspecified atom stereocenters. The van der Waals surface area contributed by atoms with Gasteiger partial charge in [-0.3, -0.25) is 38.4 Å². The van der Waals surface area contributed by atoms with Gasteiger partial charge < -0.3 is 41.0 Å². The molecule has 0 saturated heterocycles. The van der Waals surface area contributed by atoms with Crippen molar-refractivity contribution in [2.75, 3.05) is 0 Å². The van der Waals surface area contributed by atoms with Gasteiger partial charge in [0.25, 0.3) is 23.6 Å². The van der Waals surface area contributed by atoms with E-state index in [0.29, 0.717) is 44.9 Å². The lowest BCUT2D eigenvalue weighted by Crippen LogP contribution is -2.56. The summed E-state index contributed by atoms with van der Waals surface area (Å²) in [6.07, 6.45) is 5.12. The van der Waals surface area contributed by atoms with Crippen LogP contribution in [0.3, 0.4) is 0 Å². The minimum absolute atomic E-state index is 0.0793. The van der Waals surface area contributed by atoms with Crippen molar-refractivity contribution in [2.45, 2.75) is 179 Å². The number of hydrogen-bond donors (Lipinski definition) is 6. The number of esters is 2. The minimum atomic E-state index is -1.48. The Kier molecular flexibility index (Phi) is 23.4. The molecule has 2 aliphatic rings. The van der Waals surface area contributed by atoms with Crippen molar-refractivity contribution in [2.24, 2.45) is 0 Å². The predicted octanol–water partition coefficient (Wildman–Crippen LogP) is 3.65. The molecule has 8 atom stereocenters. The summed E-state index contributed by atoms with van der Waals surface area (Å²) >= 11 is 0. The third-order valence-corrected chi connectivity index (χ3v) is 11.2. The van der Waals surface area contributed by atoms with Crippen molar-refractivity contribution in [3.8, 4) is 0 Å². The Balaban J connectivity index is 0.000000340. The van der Waals surface area contributed by atoms with E-state index in [1.807, 2.05) is 62.4 Å². The molecule has 6 N–H and O–H groups in total. The normalized spacial score (nSPS) is 19.4. The molecule has 0 aliphatic heterocycles. The predicted molar refractivity (Wildman–Crippen MR) is 237 cm³/mol. The number of unbranched alkanes of at least 4 members (excludes halogenated alkanes) is 2. The molecule has 0 aromatic heterocycles. The van der Waals surface area contributed by atoms with E-state index in [-0.39, 0.29) is 25.0 Å². The molecular weight excluding hydrogens is 825 g/mol. The molecule has 2 aromatic rings. The lowest BCUT2D eigenvalue weighted by molar-refractivity contribution is -0.154. The number of Topliss-reactive ketones (excluding diaryl/α,β-unsaturated/α-hetero) is 2. The molecular formula is C48H68N4O12. The molecule has 352 valence electrons. The average Bonchev–Trinajstić information content (AvgIpc) is 3.27. The average molecular weight is 893 g/mol. The molecule has 0 radical (unpaired) electrons. The van der Waals surface area contributed by atoms with E-state index >= 15 is 0 Å². The van der Waals surface area contributed by atoms with Crippen molar-refractivity contribution in [3.63, 3.8) is 0 Å². The van der Waals surface area contributed by atoms with Crippen LogP contribution in [0.15, 0.2) is 60.7 Å². The van der Waals surface area contributed by atoms with Gasteiger partial charge in [-0.25, -0.2) is 0 Å². The number of aliphatic hydroxyl groups excluding tert-OH is 2. The fourth-order valence-corrected chi connectivity index (χ4v) is 7.64. The summed E-state index contributed by atoms with van der Waals surface area (Å²) < 4.78 is 10.4. The summed E-state index contributed by atoms with van der Waals surface area (Å²) in [6.45, 7) is 6.35. The Morgan fingerprint density at radius 1 is 0.672 bits per heavy atom. The van der Waals surface area contributed by atoms with E-state index in [2.05, 4.69) is 21.3 Å². The number of nitrogens with one attached hydrogen (secondary N) is 4. The van der Waals surface area contributed by atoms with Gasteiger partial charge >= 0.3 is 11.9 Å². The summed E-state index contributed by atoms with van der Waals surface area (Å²) in [6, 6.07) is 15.3. The van der Waals surface area contributed by atoms with Gasteiger partial charge in [0.1, 0.15) is 0 Å². The maximum Gasteiger partial charge on any atom is 0.303 e. The summed E-state index contributed by atoms with van der Waals surface area (Å²) in [5.41, 5.74) is 1.61. The van der Waals surface area contributed by atoms with Crippen LogP contribution < -0.4 is 21.3 Å². The van der Waals surface area contributed by atoms with E-state index in [4.69, 9.17) is 9.47 Å². The van der Waals surface area contributed by atoms with Crippen LogP contribution in [0.2, 0.25) is 0 Å². The highest BCUT2D eigenvalue weighted by atomic mass is 16.6. The van der Waals surface area contributed by atoms with E-state index in [1.165, 1.54) is 13.8 Å². The highest BCUT2D eigenvalue weighted by molar-refractivity contribution is 6.38. The van der Waals surface area contributed by atoms with Crippen LogP contribution in [0.1, 0.15) is 129 Å². The van der Waals surface area contributed by atoms with Crippen LogP contribution in [0.4, 0.5) is 0 Å². The minimum Gasteiger partial charge on any atom is -0.452 e. The molecule has 0 bridgehead atoms. The second-order valence-corrected chi connectivity index (χ2v) is 16.6. The van der Waals surface area contributed by atoms with E-state index in [9.17, 15) is 48.6 Å². The Labute approximate surface area is 376 Å². The molecule has 0 spiro atoms. The highest BCUT2D eigenvalue weighted by Gasteiger charge is 2.35. The van der Waals surface area contributed by atoms with Crippen molar-refractivity contribution in [3.05, 3.63) is 71.8 Å². The molecule has 2 saturated carbocycles. The molecule has 64 heavy (non-hydrogen) atoms. The van der Waals surface area contributed by atoms with Crippen LogP contribution in [0.5, 0.6) is 0 Å². The van der Waals surface area contributed by atoms with Crippen LogP contribution in [0.25, 0.3) is 0 Å². The standard InChI is InChI=1S/C24H36N2O6.C24H32N2O6/c2*1-3-4-12-19(22(29)24(31)25-18-13-8-9-14-20(18)28)26-23(30)21(32-16(2)27)15-17-10-6-5-7-11-17/h5-7,10-11,18-22,28-29H,3-4,8-9,12-15H2,1-2H3,(H,25,31)(H,26,30);5-7,10-11,18-19,21H,3-4,8-9,12-15H2,1-2H3,(H,25,31)(H,26,30)/t18-,19-,20-,21+,22-;18-,19-,21+/m00/s1. The third kappa shape index (κ3) is 18.7. The van der Waals surface area contributed by atoms with Gasteiger partial charge in [-0.15, -0.1) is 0 Å². The van der Waals surface area contributed by atoms with Crippen LogP contribution in [0, 0.1) is 0 Å². The first kappa shape index (κ1) is 52.9. The van der Waals surface area contributed by atoms with Crippen molar-refractivity contribution < 1.29 is 58.0 Å². The summed E-state index contributed by atoms with van der Waals surface area (Å²) in [4.78, 5) is 99.0.